The fourth-order valence-corrected chi connectivity index (χ4v) is 2.34. The van der Waals surface area contributed by atoms with Gasteiger partial charge in [0, 0.05) is 40.9 Å². The molecule has 1 rings (SSSR count). The Morgan fingerprint density at radius 2 is 1.95 bits per heavy atom. The third-order valence-corrected chi connectivity index (χ3v) is 3.73. The molecule has 1 aromatic rings. The molecule has 6 nitrogen and oxygen atoms in total. The minimum atomic E-state index is 0.227. The highest BCUT2D eigenvalue weighted by Crippen LogP contribution is 2.21. The van der Waals surface area contributed by atoms with Gasteiger partial charge in [0.25, 0.3) is 0 Å². The summed E-state index contributed by atoms with van der Waals surface area (Å²) in [4.78, 5) is 13.0. The van der Waals surface area contributed by atoms with Crippen molar-refractivity contribution in [1.29, 1.82) is 0 Å². The molecule has 1 heterocycles. The molecular formula is C15H27ClN4O2. The molecule has 0 unspecified atom stereocenters. The van der Waals surface area contributed by atoms with Gasteiger partial charge in [-0.2, -0.15) is 4.98 Å². The van der Waals surface area contributed by atoms with E-state index >= 15 is 0 Å². The third-order valence-electron chi connectivity index (χ3n) is 3.54. The summed E-state index contributed by atoms with van der Waals surface area (Å²) in [7, 11) is 7.32. The van der Waals surface area contributed by atoms with E-state index in [4.69, 9.17) is 21.1 Å². The van der Waals surface area contributed by atoms with Gasteiger partial charge in [-0.15, -0.1) is 0 Å². The predicted molar refractivity (Wildman–Crippen MR) is 91.2 cm³/mol. The quantitative estimate of drug-likeness (QED) is 0.614. The van der Waals surface area contributed by atoms with E-state index in [-0.39, 0.29) is 6.04 Å². The fourth-order valence-electron chi connectivity index (χ4n) is 2.17. The summed E-state index contributed by atoms with van der Waals surface area (Å²) in [5, 5.41) is 0.434. The Bertz CT molecular complexity index is 442. The van der Waals surface area contributed by atoms with Crippen LogP contribution >= 0.6 is 11.6 Å². The molecule has 0 fully saturated rings. The van der Waals surface area contributed by atoms with Crippen LogP contribution in [0.15, 0.2) is 6.07 Å². The van der Waals surface area contributed by atoms with Crippen LogP contribution in [0, 0.1) is 0 Å². The van der Waals surface area contributed by atoms with E-state index in [1.165, 1.54) is 0 Å². The van der Waals surface area contributed by atoms with E-state index < -0.39 is 0 Å². The van der Waals surface area contributed by atoms with Crippen molar-refractivity contribution in [2.75, 3.05) is 57.9 Å². The Morgan fingerprint density at radius 3 is 2.55 bits per heavy atom. The SMILES string of the molecule is CCC[C@@H](COC)N(C)c1nc(Cl)cc(N(C)CCOC)n1. The lowest BCUT2D eigenvalue weighted by molar-refractivity contribution is 0.174. The normalized spacial score (nSPS) is 12.3. The number of likely N-dealkylation sites (N-methyl/N-ethyl adjacent to an activating group) is 2. The Balaban J connectivity index is 2.95. The highest BCUT2D eigenvalue weighted by atomic mass is 35.5. The molecule has 0 aliphatic carbocycles. The number of nitrogens with zero attached hydrogens (tertiary/aromatic N) is 4. The van der Waals surface area contributed by atoms with Crippen molar-refractivity contribution in [2.24, 2.45) is 0 Å². The number of anilines is 2. The first-order chi connectivity index (χ1) is 10.5. The maximum atomic E-state index is 6.16. The highest BCUT2D eigenvalue weighted by molar-refractivity contribution is 6.29. The lowest BCUT2D eigenvalue weighted by Gasteiger charge is -2.28. The van der Waals surface area contributed by atoms with Gasteiger partial charge in [-0.3, -0.25) is 0 Å². The number of rotatable bonds is 10. The fraction of sp³-hybridized carbons (Fsp3) is 0.733. The third kappa shape index (κ3) is 5.59. The summed E-state index contributed by atoms with van der Waals surface area (Å²) in [5.41, 5.74) is 0. The number of methoxy groups -OCH3 is 2. The molecule has 0 amide bonds. The number of hydrogen-bond acceptors (Lipinski definition) is 6. The monoisotopic (exact) mass is 330 g/mol. The molecule has 0 saturated carbocycles. The summed E-state index contributed by atoms with van der Waals surface area (Å²) in [6.07, 6.45) is 2.08. The van der Waals surface area contributed by atoms with Crippen molar-refractivity contribution in [3.63, 3.8) is 0 Å². The summed E-state index contributed by atoms with van der Waals surface area (Å²) in [6.45, 7) is 4.16. The van der Waals surface area contributed by atoms with Gasteiger partial charge in [-0.05, 0) is 6.42 Å². The molecule has 1 atom stereocenters. The maximum Gasteiger partial charge on any atom is 0.228 e. The Hall–Kier alpha value is -1.11. The van der Waals surface area contributed by atoms with Crippen LogP contribution in [0.4, 0.5) is 11.8 Å². The number of aromatic nitrogens is 2. The van der Waals surface area contributed by atoms with E-state index in [1.54, 1.807) is 20.3 Å². The summed E-state index contributed by atoms with van der Waals surface area (Å²) < 4.78 is 10.4. The van der Waals surface area contributed by atoms with E-state index in [1.807, 2.05) is 23.9 Å². The Kier molecular flexibility index (Phi) is 8.45. The molecule has 7 heteroatoms. The van der Waals surface area contributed by atoms with Crippen molar-refractivity contribution in [3.05, 3.63) is 11.2 Å². The zero-order chi connectivity index (χ0) is 16.5. The second-order valence-corrected chi connectivity index (χ2v) is 5.66. The van der Waals surface area contributed by atoms with E-state index in [9.17, 15) is 0 Å². The minimum Gasteiger partial charge on any atom is -0.383 e. The second-order valence-electron chi connectivity index (χ2n) is 5.27. The van der Waals surface area contributed by atoms with Gasteiger partial charge in [-0.1, -0.05) is 24.9 Å². The van der Waals surface area contributed by atoms with Crippen LogP contribution in [0.1, 0.15) is 19.8 Å². The van der Waals surface area contributed by atoms with Gasteiger partial charge < -0.3 is 19.3 Å². The van der Waals surface area contributed by atoms with Crippen LogP contribution in [0.2, 0.25) is 5.15 Å². The van der Waals surface area contributed by atoms with E-state index in [0.717, 1.165) is 25.2 Å². The molecule has 0 bridgehead atoms. The molecule has 0 aromatic carbocycles. The standard InChI is InChI=1S/C15H27ClN4O2/c1-6-7-12(11-22-5)20(3)15-17-13(16)10-14(18-15)19(2)8-9-21-4/h10,12H,6-9,11H2,1-5H3/t12-/m0/s1. The minimum absolute atomic E-state index is 0.227. The van der Waals surface area contributed by atoms with Crippen LogP contribution in [0.25, 0.3) is 0 Å². The molecule has 0 spiro atoms. The van der Waals surface area contributed by atoms with E-state index in [2.05, 4.69) is 16.9 Å². The first kappa shape index (κ1) is 18.9. The molecule has 0 aliphatic heterocycles. The number of ether oxygens (including phenoxy) is 2. The van der Waals surface area contributed by atoms with Crippen molar-refractivity contribution in [3.8, 4) is 0 Å². The van der Waals surface area contributed by atoms with Crippen molar-refractivity contribution in [1.82, 2.24) is 9.97 Å². The zero-order valence-electron chi connectivity index (χ0n) is 14.2. The van der Waals surface area contributed by atoms with Crippen molar-refractivity contribution >= 4 is 23.4 Å². The lowest BCUT2D eigenvalue weighted by atomic mass is 10.1. The molecule has 0 N–H and O–H groups in total. The summed E-state index contributed by atoms with van der Waals surface area (Å²) in [5.74, 6) is 1.40. The van der Waals surface area contributed by atoms with Gasteiger partial charge >= 0.3 is 0 Å². The molecule has 0 radical (unpaired) electrons. The second kappa shape index (κ2) is 9.82. The van der Waals surface area contributed by atoms with Crippen LogP contribution in [0.5, 0.6) is 0 Å². The smallest absolute Gasteiger partial charge is 0.228 e. The number of hydrogen-bond donors (Lipinski definition) is 0. The van der Waals surface area contributed by atoms with Gasteiger partial charge in [-0.25, -0.2) is 4.98 Å². The maximum absolute atomic E-state index is 6.16. The number of halogens is 1. The van der Waals surface area contributed by atoms with Gasteiger partial charge in [0.1, 0.15) is 11.0 Å². The van der Waals surface area contributed by atoms with Crippen LogP contribution in [-0.4, -0.2) is 64.1 Å². The van der Waals surface area contributed by atoms with E-state index in [0.29, 0.717) is 24.3 Å². The summed E-state index contributed by atoms with van der Waals surface area (Å²) in [6, 6.07) is 1.99. The Morgan fingerprint density at radius 1 is 1.23 bits per heavy atom. The molecule has 0 aliphatic rings. The van der Waals surface area contributed by atoms with Crippen molar-refractivity contribution < 1.29 is 9.47 Å². The van der Waals surface area contributed by atoms with Crippen molar-refractivity contribution in [2.45, 2.75) is 25.8 Å². The van der Waals surface area contributed by atoms with Crippen LogP contribution in [0.3, 0.4) is 0 Å². The zero-order valence-corrected chi connectivity index (χ0v) is 14.9. The van der Waals surface area contributed by atoms with Crippen LogP contribution < -0.4 is 9.80 Å². The van der Waals surface area contributed by atoms with Gasteiger partial charge in [0.2, 0.25) is 5.95 Å². The lowest BCUT2D eigenvalue weighted by Crippen LogP contribution is -2.37. The van der Waals surface area contributed by atoms with Gasteiger partial charge in [0.15, 0.2) is 0 Å². The first-order valence-corrected chi connectivity index (χ1v) is 7.87. The molecular weight excluding hydrogens is 304 g/mol. The van der Waals surface area contributed by atoms with Gasteiger partial charge in [0.05, 0.1) is 19.3 Å². The molecule has 22 heavy (non-hydrogen) atoms. The first-order valence-electron chi connectivity index (χ1n) is 7.49. The van der Waals surface area contributed by atoms with Crippen LogP contribution in [-0.2, 0) is 9.47 Å². The molecule has 126 valence electrons. The topological polar surface area (TPSA) is 50.7 Å². The molecule has 1 aromatic heterocycles. The molecule has 0 saturated heterocycles. The average Bonchev–Trinajstić information content (AvgIpc) is 2.51. The average molecular weight is 331 g/mol. The predicted octanol–water partition coefficient (Wildman–Crippen LogP) is 2.46. The Labute approximate surface area is 138 Å². The highest BCUT2D eigenvalue weighted by Gasteiger charge is 2.18. The summed E-state index contributed by atoms with van der Waals surface area (Å²) >= 11 is 6.16. The largest absolute Gasteiger partial charge is 0.383 e.